The Kier molecular flexibility index (Phi) is 5.14. The molecule has 1 heterocycles. The largest absolute Gasteiger partial charge is 0.481 e. The molecule has 0 aromatic heterocycles. The lowest BCUT2D eigenvalue weighted by atomic mass is 9.99. The third-order valence-corrected chi connectivity index (χ3v) is 3.76. The van der Waals surface area contributed by atoms with Crippen LogP contribution in [0.2, 0.25) is 0 Å². The molecule has 0 aromatic rings. The van der Waals surface area contributed by atoms with Gasteiger partial charge in [-0.1, -0.05) is 20.8 Å². The fourth-order valence-electron chi connectivity index (χ4n) is 2.19. The van der Waals surface area contributed by atoms with Crippen molar-refractivity contribution in [3.05, 3.63) is 0 Å². The highest BCUT2D eigenvalue weighted by Crippen LogP contribution is 2.22. The number of hydrogen-bond donors (Lipinski definition) is 2. The molecular weight excluding hydrogens is 232 g/mol. The van der Waals surface area contributed by atoms with Gasteiger partial charge in [-0.15, -0.1) is 0 Å². The first-order valence-corrected chi connectivity index (χ1v) is 6.55. The van der Waals surface area contributed by atoms with Crippen molar-refractivity contribution < 1.29 is 14.7 Å². The van der Waals surface area contributed by atoms with Crippen LogP contribution < -0.4 is 5.32 Å². The molecule has 5 nitrogen and oxygen atoms in total. The number of carboxylic acid groups (broad SMARTS) is 1. The van der Waals surface area contributed by atoms with Gasteiger partial charge in [-0.25, -0.2) is 0 Å². The van der Waals surface area contributed by atoms with Gasteiger partial charge in [0.2, 0.25) is 5.91 Å². The summed E-state index contributed by atoms with van der Waals surface area (Å²) in [6.07, 6.45) is 0. The van der Waals surface area contributed by atoms with E-state index in [1.165, 1.54) is 0 Å². The second-order valence-electron chi connectivity index (χ2n) is 5.72. The molecule has 3 atom stereocenters. The highest BCUT2D eigenvalue weighted by atomic mass is 16.4. The summed E-state index contributed by atoms with van der Waals surface area (Å²) in [5.74, 6) is -0.619. The van der Waals surface area contributed by atoms with Gasteiger partial charge in [-0.05, 0) is 18.8 Å². The molecule has 1 unspecified atom stereocenters. The van der Waals surface area contributed by atoms with Crippen LogP contribution in [-0.4, -0.2) is 47.6 Å². The van der Waals surface area contributed by atoms with Crippen LogP contribution >= 0.6 is 0 Å². The van der Waals surface area contributed by atoms with Crippen LogP contribution in [0.4, 0.5) is 0 Å². The highest BCUT2D eigenvalue weighted by Gasteiger charge is 2.35. The third kappa shape index (κ3) is 3.98. The van der Waals surface area contributed by atoms with Gasteiger partial charge in [-0.3, -0.25) is 14.5 Å². The monoisotopic (exact) mass is 256 g/mol. The predicted octanol–water partition coefficient (Wildman–Crippen LogP) is 0.800. The number of nitrogens with zero attached hydrogens (tertiary/aromatic N) is 1. The topological polar surface area (TPSA) is 69.6 Å². The molecule has 1 rings (SSSR count). The van der Waals surface area contributed by atoms with Crippen LogP contribution in [0.3, 0.4) is 0 Å². The summed E-state index contributed by atoms with van der Waals surface area (Å²) in [6.45, 7) is 9.47. The van der Waals surface area contributed by atoms with E-state index in [-0.39, 0.29) is 23.8 Å². The Morgan fingerprint density at radius 3 is 2.39 bits per heavy atom. The standard InChI is InChI=1S/C13H24N2O3/c1-8(2)10(4)14-12(16)7-15-5-9(3)11(6-15)13(17)18/h8-11H,5-7H2,1-4H3,(H,14,16)(H,17,18)/t9-,10?,11-/m1/s1. The van der Waals surface area contributed by atoms with E-state index in [2.05, 4.69) is 19.2 Å². The number of carbonyl (C=O) groups is 2. The maximum absolute atomic E-state index is 11.8. The van der Waals surface area contributed by atoms with Crippen LogP contribution in [0.1, 0.15) is 27.7 Å². The molecular formula is C13H24N2O3. The van der Waals surface area contributed by atoms with Crippen molar-refractivity contribution in [2.45, 2.75) is 33.7 Å². The number of hydrogen-bond acceptors (Lipinski definition) is 3. The molecule has 1 fully saturated rings. The zero-order chi connectivity index (χ0) is 13.9. The summed E-state index contributed by atoms with van der Waals surface area (Å²) in [4.78, 5) is 24.7. The summed E-state index contributed by atoms with van der Waals surface area (Å²) in [7, 11) is 0. The van der Waals surface area contributed by atoms with E-state index in [0.717, 1.165) is 0 Å². The molecule has 0 bridgehead atoms. The van der Waals surface area contributed by atoms with E-state index in [4.69, 9.17) is 5.11 Å². The summed E-state index contributed by atoms with van der Waals surface area (Å²) >= 11 is 0. The van der Waals surface area contributed by atoms with Gasteiger partial charge in [0.25, 0.3) is 0 Å². The van der Waals surface area contributed by atoms with E-state index in [1.54, 1.807) is 0 Å². The van der Waals surface area contributed by atoms with Crippen LogP contribution in [0.25, 0.3) is 0 Å². The highest BCUT2D eigenvalue weighted by molar-refractivity contribution is 5.78. The Labute approximate surface area is 109 Å². The zero-order valence-electron chi connectivity index (χ0n) is 11.6. The van der Waals surface area contributed by atoms with Crippen LogP contribution in [0.5, 0.6) is 0 Å². The Morgan fingerprint density at radius 1 is 1.33 bits per heavy atom. The van der Waals surface area contributed by atoms with Crippen LogP contribution in [0, 0.1) is 17.8 Å². The fourth-order valence-corrected chi connectivity index (χ4v) is 2.19. The molecule has 104 valence electrons. The molecule has 0 radical (unpaired) electrons. The molecule has 0 spiro atoms. The first kappa shape index (κ1) is 15.0. The number of likely N-dealkylation sites (tertiary alicyclic amines) is 1. The molecule has 5 heteroatoms. The first-order chi connectivity index (χ1) is 8.31. The van der Waals surface area contributed by atoms with Crippen molar-refractivity contribution in [1.82, 2.24) is 10.2 Å². The molecule has 1 amide bonds. The Balaban J connectivity index is 2.40. The predicted molar refractivity (Wildman–Crippen MR) is 69.2 cm³/mol. The molecule has 18 heavy (non-hydrogen) atoms. The van der Waals surface area contributed by atoms with Crippen molar-refractivity contribution in [3.63, 3.8) is 0 Å². The fraction of sp³-hybridized carbons (Fsp3) is 0.846. The lowest BCUT2D eigenvalue weighted by Crippen LogP contribution is -2.42. The second kappa shape index (κ2) is 6.18. The van der Waals surface area contributed by atoms with Gasteiger partial charge >= 0.3 is 5.97 Å². The third-order valence-electron chi connectivity index (χ3n) is 3.76. The van der Waals surface area contributed by atoms with E-state index < -0.39 is 5.97 Å². The summed E-state index contributed by atoms with van der Waals surface area (Å²) < 4.78 is 0. The van der Waals surface area contributed by atoms with Gasteiger partial charge in [-0.2, -0.15) is 0 Å². The average Bonchev–Trinajstić information content (AvgIpc) is 2.58. The second-order valence-corrected chi connectivity index (χ2v) is 5.72. The van der Waals surface area contributed by atoms with Crippen molar-refractivity contribution in [2.75, 3.05) is 19.6 Å². The van der Waals surface area contributed by atoms with E-state index in [9.17, 15) is 9.59 Å². The molecule has 0 aromatic carbocycles. The normalized spacial score (nSPS) is 26.3. The smallest absolute Gasteiger partial charge is 0.308 e. The average molecular weight is 256 g/mol. The molecule has 1 saturated heterocycles. The SMILES string of the molecule is CC(C)C(C)NC(=O)CN1C[C@@H](C)[C@H](C(=O)O)C1. The molecule has 2 N–H and O–H groups in total. The van der Waals surface area contributed by atoms with Gasteiger partial charge in [0.05, 0.1) is 12.5 Å². The van der Waals surface area contributed by atoms with E-state index in [0.29, 0.717) is 25.6 Å². The van der Waals surface area contributed by atoms with Gasteiger partial charge in [0.1, 0.15) is 0 Å². The van der Waals surface area contributed by atoms with Gasteiger partial charge in [0, 0.05) is 19.1 Å². The maximum atomic E-state index is 11.8. The minimum absolute atomic E-state index is 0.0190. The summed E-state index contributed by atoms with van der Waals surface area (Å²) in [5.41, 5.74) is 0. The number of carbonyl (C=O) groups excluding carboxylic acids is 1. The number of amides is 1. The van der Waals surface area contributed by atoms with Gasteiger partial charge in [0.15, 0.2) is 0 Å². The summed E-state index contributed by atoms with van der Waals surface area (Å²) in [6, 6.07) is 0.146. The lowest BCUT2D eigenvalue weighted by molar-refractivity contribution is -0.142. The number of aliphatic carboxylic acids is 1. The van der Waals surface area contributed by atoms with Crippen molar-refractivity contribution >= 4 is 11.9 Å². The lowest BCUT2D eigenvalue weighted by Gasteiger charge is -2.20. The van der Waals surface area contributed by atoms with Crippen LogP contribution in [-0.2, 0) is 9.59 Å². The van der Waals surface area contributed by atoms with E-state index >= 15 is 0 Å². The van der Waals surface area contributed by atoms with Crippen molar-refractivity contribution in [2.24, 2.45) is 17.8 Å². The van der Waals surface area contributed by atoms with Crippen molar-refractivity contribution in [3.8, 4) is 0 Å². The molecule has 0 saturated carbocycles. The van der Waals surface area contributed by atoms with Crippen molar-refractivity contribution in [1.29, 1.82) is 0 Å². The van der Waals surface area contributed by atoms with Gasteiger partial charge < -0.3 is 10.4 Å². The van der Waals surface area contributed by atoms with E-state index in [1.807, 2.05) is 18.7 Å². The first-order valence-electron chi connectivity index (χ1n) is 6.55. The Bertz CT molecular complexity index is 317. The Hall–Kier alpha value is -1.10. The molecule has 1 aliphatic heterocycles. The maximum Gasteiger partial charge on any atom is 0.308 e. The minimum Gasteiger partial charge on any atom is -0.481 e. The number of nitrogens with one attached hydrogen (secondary N) is 1. The number of carboxylic acids is 1. The molecule has 0 aliphatic carbocycles. The molecule has 1 aliphatic rings. The Morgan fingerprint density at radius 2 is 1.94 bits per heavy atom. The zero-order valence-corrected chi connectivity index (χ0v) is 11.6. The summed E-state index contributed by atoms with van der Waals surface area (Å²) in [5, 5.41) is 12.0. The van der Waals surface area contributed by atoms with Crippen LogP contribution in [0.15, 0.2) is 0 Å². The number of rotatable bonds is 5. The quantitative estimate of drug-likeness (QED) is 0.763. The minimum atomic E-state index is -0.763.